The molecule has 0 amide bonds. The van der Waals surface area contributed by atoms with E-state index in [1.165, 1.54) is 22.5 Å². The minimum atomic E-state index is -0.0197. The first-order valence-corrected chi connectivity index (χ1v) is 10.4. The molecule has 1 aliphatic rings. The average molecular weight is 387 g/mol. The van der Waals surface area contributed by atoms with Crippen LogP contribution in [0.1, 0.15) is 54.6 Å². The maximum absolute atomic E-state index is 10.9. The average Bonchev–Trinajstić information content (AvgIpc) is 3.23. The zero-order valence-electron chi connectivity index (χ0n) is 16.1. The largest absolute Gasteiger partial charge is 0.492 e. The Kier molecular flexibility index (Phi) is 5.16. The van der Waals surface area contributed by atoms with E-state index in [0.29, 0.717) is 19.1 Å². The van der Waals surface area contributed by atoms with E-state index in [2.05, 4.69) is 53.1 Å². The topological polar surface area (TPSA) is 62.9 Å². The Bertz CT molecular complexity index is 910. The number of thiazole rings is 1. The third-order valence-electron chi connectivity index (χ3n) is 5.14. The third kappa shape index (κ3) is 3.47. The molecule has 1 N–H and O–H groups in total. The summed E-state index contributed by atoms with van der Waals surface area (Å²) in [5.74, 6) is 1.45. The lowest BCUT2D eigenvalue weighted by molar-refractivity contribution is 0.0241. The van der Waals surface area contributed by atoms with Gasteiger partial charge in [-0.1, -0.05) is 56.4 Å². The van der Waals surface area contributed by atoms with Crippen LogP contribution in [0.5, 0.6) is 5.88 Å². The van der Waals surface area contributed by atoms with Crippen LogP contribution in [0.3, 0.4) is 0 Å². The number of fused-ring (bicyclic) bond motifs is 1. The fourth-order valence-corrected chi connectivity index (χ4v) is 4.68. The minimum absolute atomic E-state index is 0.0197. The summed E-state index contributed by atoms with van der Waals surface area (Å²) in [6, 6.07) is 8.73. The Morgan fingerprint density at radius 3 is 2.41 bits per heavy atom. The molecule has 1 saturated heterocycles. The van der Waals surface area contributed by atoms with Crippen LogP contribution in [-0.4, -0.2) is 50.9 Å². The maximum Gasteiger partial charge on any atom is 0.230 e. The van der Waals surface area contributed by atoms with E-state index in [0.717, 1.165) is 35.2 Å². The molecular formula is C20H26N4O2S. The first-order chi connectivity index (χ1) is 13.1. The second-order valence-electron chi connectivity index (χ2n) is 7.24. The van der Waals surface area contributed by atoms with Crippen LogP contribution < -0.4 is 0 Å². The Balaban J connectivity index is 1.77. The van der Waals surface area contributed by atoms with E-state index in [1.807, 2.05) is 6.92 Å². The normalized spacial score (nSPS) is 17.0. The number of rotatable bonds is 5. The van der Waals surface area contributed by atoms with Crippen LogP contribution in [0.2, 0.25) is 0 Å². The molecule has 6 nitrogen and oxygen atoms in total. The van der Waals surface area contributed by atoms with Crippen molar-refractivity contribution in [2.24, 2.45) is 0 Å². The Morgan fingerprint density at radius 2 is 1.81 bits per heavy atom. The van der Waals surface area contributed by atoms with Gasteiger partial charge in [0.05, 0.1) is 24.1 Å². The third-order valence-corrected chi connectivity index (χ3v) is 6.21. The lowest BCUT2D eigenvalue weighted by atomic mass is 9.97. The van der Waals surface area contributed by atoms with Gasteiger partial charge in [0.25, 0.3) is 0 Å². The highest BCUT2D eigenvalue weighted by molar-refractivity contribution is 7.17. The summed E-state index contributed by atoms with van der Waals surface area (Å²) in [7, 11) is 0. The molecule has 0 spiro atoms. The smallest absolute Gasteiger partial charge is 0.230 e. The van der Waals surface area contributed by atoms with Crippen molar-refractivity contribution >= 4 is 16.3 Å². The Morgan fingerprint density at radius 1 is 1.15 bits per heavy atom. The van der Waals surface area contributed by atoms with Crippen LogP contribution in [0.25, 0.3) is 4.96 Å². The molecule has 3 aromatic rings. The summed E-state index contributed by atoms with van der Waals surface area (Å²) >= 11 is 1.52. The molecule has 7 heteroatoms. The summed E-state index contributed by atoms with van der Waals surface area (Å²) in [5.41, 5.74) is 2.50. The highest BCUT2D eigenvalue weighted by Gasteiger charge is 2.30. The fourth-order valence-electron chi connectivity index (χ4n) is 3.55. The molecule has 1 aromatic carbocycles. The van der Waals surface area contributed by atoms with Crippen molar-refractivity contribution < 1.29 is 9.84 Å². The van der Waals surface area contributed by atoms with Crippen molar-refractivity contribution in [2.45, 2.75) is 39.2 Å². The highest BCUT2D eigenvalue weighted by Crippen LogP contribution is 2.40. The molecule has 0 aliphatic carbocycles. The lowest BCUT2D eigenvalue weighted by Crippen LogP contribution is -2.39. The molecule has 0 unspecified atom stereocenters. The van der Waals surface area contributed by atoms with Crippen LogP contribution >= 0.6 is 11.3 Å². The van der Waals surface area contributed by atoms with Gasteiger partial charge in [0.15, 0.2) is 5.82 Å². The standard InChI is InChI=1S/C20H26N4O2S/c1-4-16-21-20-24(22-16)19(25)18(27-20)17(23-9-11-26-12-10-23)15-7-5-14(6-8-15)13(2)3/h5-8,13,17,25H,4,9-12H2,1-3H3/t17-/m1/s1. The van der Waals surface area contributed by atoms with Gasteiger partial charge in [-0.05, 0) is 17.0 Å². The number of morpholine rings is 1. The number of nitrogens with zero attached hydrogens (tertiary/aromatic N) is 4. The maximum atomic E-state index is 10.9. The summed E-state index contributed by atoms with van der Waals surface area (Å²) in [4.78, 5) is 8.55. The molecule has 0 bridgehead atoms. The Labute approximate surface area is 163 Å². The van der Waals surface area contributed by atoms with Crippen molar-refractivity contribution in [1.82, 2.24) is 19.5 Å². The van der Waals surface area contributed by atoms with E-state index in [-0.39, 0.29) is 11.9 Å². The monoisotopic (exact) mass is 386 g/mol. The molecule has 0 radical (unpaired) electrons. The van der Waals surface area contributed by atoms with Crippen molar-refractivity contribution in [3.63, 3.8) is 0 Å². The van der Waals surface area contributed by atoms with Gasteiger partial charge >= 0.3 is 0 Å². The molecule has 1 atom stereocenters. The van der Waals surface area contributed by atoms with Crippen molar-refractivity contribution in [2.75, 3.05) is 26.3 Å². The summed E-state index contributed by atoms with van der Waals surface area (Å²) in [6.07, 6.45) is 0.757. The molecule has 0 saturated carbocycles. The first-order valence-electron chi connectivity index (χ1n) is 9.57. The van der Waals surface area contributed by atoms with Crippen LogP contribution in [0.15, 0.2) is 24.3 Å². The number of aromatic hydroxyl groups is 1. The van der Waals surface area contributed by atoms with Crippen molar-refractivity contribution in [3.8, 4) is 5.88 Å². The van der Waals surface area contributed by atoms with E-state index in [4.69, 9.17) is 4.74 Å². The van der Waals surface area contributed by atoms with E-state index < -0.39 is 0 Å². The van der Waals surface area contributed by atoms with Gasteiger partial charge in [-0.3, -0.25) is 4.90 Å². The number of hydrogen-bond donors (Lipinski definition) is 1. The molecule has 2 aromatic heterocycles. The van der Waals surface area contributed by atoms with E-state index in [1.54, 1.807) is 4.52 Å². The molecular weight excluding hydrogens is 360 g/mol. The Hall–Kier alpha value is -1.96. The van der Waals surface area contributed by atoms with Crippen LogP contribution in [0, 0.1) is 0 Å². The molecule has 144 valence electrons. The number of aryl methyl sites for hydroxylation is 1. The molecule has 27 heavy (non-hydrogen) atoms. The van der Waals surface area contributed by atoms with Gasteiger partial charge in [-0.2, -0.15) is 4.52 Å². The lowest BCUT2D eigenvalue weighted by Gasteiger charge is -2.34. The molecule has 1 fully saturated rings. The second kappa shape index (κ2) is 7.58. The number of benzene rings is 1. The van der Waals surface area contributed by atoms with Gasteiger partial charge in [0.2, 0.25) is 10.8 Å². The van der Waals surface area contributed by atoms with E-state index in [9.17, 15) is 5.11 Å². The van der Waals surface area contributed by atoms with Gasteiger partial charge in [-0.15, -0.1) is 5.10 Å². The summed E-state index contributed by atoms with van der Waals surface area (Å²) in [5, 5.41) is 15.3. The number of ether oxygens (including phenoxy) is 1. The number of aromatic nitrogens is 3. The van der Waals surface area contributed by atoms with Crippen LogP contribution in [0.4, 0.5) is 0 Å². The van der Waals surface area contributed by atoms with Gasteiger partial charge in [0.1, 0.15) is 0 Å². The zero-order valence-corrected chi connectivity index (χ0v) is 16.9. The minimum Gasteiger partial charge on any atom is -0.492 e. The number of hydrogen-bond acceptors (Lipinski definition) is 6. The highest BCUT2D eigenvalue weighted by atomic mass is 32.1. The first kappa shape index (κ1) is 18.4. The zero-order chi connectivity index (χ0) is 19.0. The molecule has 4 rings (SSSR count). The van der Waals surface area contributed by atoms with Crippen molar-refractivity contribution in [3.05, 3.63) is 46.1 Å². The summed E-state index contributed by atoms with van der Waals surface area (Å²) in [6.45, 7) is 9.51. The van der Waals surface area contributed by atoms with Crippen molar-refractivity contribution in [1.29, 1.82) is 0 Å². The quantitative estimate of drug-likeness (QED) is 0.726. The van der Waals surface area contributed by atoms with Gasteiger partial charge in [0, 0.05) is 19.5 Å². The SMILES string of the molecule is CCc1nc2sc([C@@H](c3ccc(C(C)C)cc3)N3CCOCC3)c(O)n2n1. The van der Waals surface area contributed by atoms with E-state index >= 15 is 0 Å². The second-order valence-corrected chi connectivity index (χ2v) is 8.25. The van der Waals surface area contributed by atoms with Gasteiger partial charge in [-0.25, -0.2) is 4.98 Å². The predicted octanol–water partition coefficient (Wildman–Crippen LogP) is 3.60. The predicted molar refractivity (Wildman–Crippen MR) is 107 cm³/mol. The summed E-state index contributed by atoms with van der Waals surface area (Å²) < 4.78 is 7.12. The van der Waals surface area contributed by atoms with Crippen LogP contribution in [-0.2, 0) is 11.2 Å². The molecule has 1 aliphatic heterocycles. The molecule has 3 heterocycles. The van der Waals surface area contributed by atoms with Gasteiger partial charge < -0.3 is 9.84 Å². The fraction of sp³-hybridized carbons (Fsp3) is 0.500.